The molecule has 27 heavy (non-hydrogen) atoms. The molecular weight excluding hydrogens is 358 g/mol. The standard InChI is InChI=1S/C22H22ClN3O/c1-14-8-15(2)21(16(3)9-14)26-22(27)18-10-19(13-24-11-18)25-12-17-6-4-5-7-20(17)23/h4-11,13,25H,12H2,1-3H3,(H,26,27). The second kappa shape index (κ2) is 8.23. The average Bonchev–Trinajstić information content (AvgIpc) is 2.64. The van der Waals surface area contributed by atoms with Gasteiger partial charge in [0.25, 0.3) is 5.91 Å². The minimum Gasteiger partial charge on any atom is -0.380 e. The van der Waals surface area contributed by atoms with Gasteiger partial charge in [-0.1, -0.05) is 47.5 Å². The predicted octanol–water partition coefficient (Wildman–Crippen LogP) is 5.52. The van der Waals surface area contributed by atoms with Crippen LogP contribution in [-0.4, -0.2) is 10.9 Å². The summed E-state index contributed by atoms with van der Waals surface area (Å²) in [7, 11) is 0. The van der Waals surface area contributed by atoms with Crippen molar-refractivity contribution in [2.45, 2.75) is 27.3 Å². The van der Waals surface area contributed by atoms with Crippen LogP contribution < -0.4 is 10.6 Å². The Morgan fingerprint density at radius 1 is 1.04 bits per heavy atom. The van der Waals surface area contributed by atoms with Crippen molar-refractivity contribution in [3.63, 3.8) is 0 Å². The molecule has 0 fully saturated rings. The van der Waals surface area contributed by atoms with E-state index in [1.807, 2.05) is 45.0 Å². The van der Waals surface area contributed by atoms with Gasteiger partial charge in [-0.05, 0) is 49.6 Å². The Balaban J connectivity index is 1.73. The van der Waals surface area contributed by atoms with Crippen molar-refractivity contribution in [1.29, 1.82) is 0 Å². The van der Waals surface area contributed by atoms with Gasteiger partial charge in [-0.2, -0.15) is 0 Å². The molecule has 138 valence electrons. The maximum absolute atomic E-state index is 12.7. The number of nitrogens with one attached hydrogen (secondary N) is 2. The molecule has 2 aromatic carbocycles. The predicted molar refractivity (Wildman–Crippen MR) is 112 cm³/mol. The van der Waals surface area contributed by atoms with Crippen molar-refractivity contribution in [1.82, 2.24) is 4.98 Å². The van der Waals surface area contributed by atoms with Crippen molar-refractivity contribution >= 4 is 28.9 Å². The molecule has 0 saturated heterocycles. The van der Waals surface area contributed by atoms with Gasteiger partial charge in [0.15, 0.2) is 0 Å². The zero-order valence-electron chi connectivity index (χ0n) is 15.6. The van der Waals surface area contributed by atoms with Gasteiger partial charge < -0.3 is 10.6 Å². The molecule has 0 spiro atoms. The van der Waals surface area contributed by atoms with Crippen molar-refractivity contribution in [3.8, 4) is 0 Å². The van der Waals surface area contributed by atoms with Gasteiger partial charge in [0.2, 0.25) is 0 Å². The maximum Gasteiger partial charge on any atom is 0.257 e. The molecule has 3 rings (SSSR count). The molecule has 0 bridgehead atoms. The summed E-state index contributed by atoms with van der Waals surface area (Å²) in [6.07, 6.45) is 3.25. The van der Waals surface area contributed by atoms with Crippen molar-refractivity contribution in [3.05, 3.63) is 87.7 Å². The summed E-state index contributed by atoms with van der Waals surface area (Å²) in [4.78, 5) is 16.9. The first-order valence-corrected chi connectivity index (χ1v) is 9.13. The van der Waals surface area contributed by atoms with E-state index in [0.717, 1.165) is 28.1 Å². The number of carbonyl (C=O) groups excluding carboxylic acids is 1. The number of carbonyl (C=O) groups is 1. The van der Waals surface area contributed by atoms with E-state index < -0.39 is 0 Å². The van der Waals surface area contributed by atoms with Gasteiger partial charge in [0.05, 0.1) is 11.3 Å². The minimum atomic E-state index is -0.182. The molecule has 0 aliphatic carbocycles. The molecule has 0 unspecified atom stereocenters. The Bertz CT molecular complexity index is 962. The smallest absolute Gasteiger partial charge is 0.257 e. The van der Waals surface area contributed by atoms with E-state index in [2.05, 4.69) is 27.8 Å². The lowest BCUT2D eigenvalue weighted by Gasteiger charge is -2.13. The first-order chi connectivity index (χ1) is 12.9. The van der Waals surface area contributed by atoms with E-state index in [1.54, 1.807) is 18.5 Å². The number of nitrogens with zero attached hydrogens (tertiary/aromatic N) is 1. The summed E-state index contributed by atoms with van der Waals surface area (Å²) in [5.41, 5.74) is 6.36. The monoisotopic (exact) mass is 379 g/mol. The van der Waals surface area contributed by atoms with Crippen molar-refractivity contribution in [2.75, 3.05) is 10.6 Å². The molecule has 1 aromatic heterocycles. The largest absolute Gasteiger partial charge is 0.380 e. The van der Waals surface area contributed by atoms with E-state index in [0.29, 0.717) is 17.1 Å². The number of hydrogen-bond acceptors (Lipinski definition) is 3. The summed E-state index contributed by atoms with van der Waals surface area (Å²) >= 11 is 6.18. The summed E-state index contributed by atoms with van der Waals surface area (Å²) in [5.74, 6) is -0.182. The lowest BCUT2D eigenvalue weighted by atomic mass is 10.0. The highest BCUT2D eigenvalue weighted by atomic mass is 35.5. The Morgan fingerprint density at radius 2 is 1.74 bits per heavy atom. The van der Waals surface area contributed by atoms with Crippen LogP contribution in [0.1, 0.15) is 32.6 Å². The Labute approximate surface area is 164 Å². The van der Waals surface area contributed by atoms with Crippen molar-refractivity contribution in [2.24, 2.45) is 0 Å². The van der Waals surface area contributed by atoms with E-state index in [-0.39, 0.29) is 5.91 Å². The number of hydrogen-bond donors (Lipinski definition) is 2. The molecule has 2 N–H and O–H groups in total. The van der Waals surface area contributed by atoms with Crippen LogP contribution in [0.5, 0.6) is 0 Å². The molecule has 0 atom stereocenters. The quantitative estimate of drug-likeness (QED) is 0.613. The molecule has 1 heterocycles. The lowest BCUT2D eigenvalue weighted by molar-refractivity contribution is 0.102. The summed E-state index contributed by atoms with van der Waals surface area (Å²) in [5, 5.41) is 6.97. The molecule has 5 heteroatoms. The highest BCUT2D eigenvalue weighted by molar-refractivity contribution is 6.31. The van der Waals surface area contributed by atoms with E-state index in [4.69, 9.17) is 11.6 Å². The first-order valence-electron chi connectivity index (χ1n) is 8.75. The van der Waals surface area contributed by atoms with E-state index >= 15 is 0 Å². The number of amides is 1. The van der Waals surface area contributed by atoms with E-state index in [9.17, 15) is 4.79 Å². The van der Waals surface area contributed by atoms with Crippen LogP contribution in [0.25, 0.3) is 0 Å². The second-order valence-electron chi connectivity index (χ2n) is 6.64. The van der Waals surface area contributed by atoms with Gasteiger partial charge >= 0.3 is 0 Å². The third-order valence-electron chi connectivity index (χ3n) is 4.36. The number of rotatable bonds is 5. The normalized spacial score (nSPS) is 10.5. The molecule has 1 amide bonds. The highest BCUT2D eigenvalue weighted by Crippen LogP contribution is 2.23. The van der Waals surface area contributed by atoms with Crippen LogP contribution in [0.15, 0.2) is 54.9 Å². The number of pyridine rings is 1. The lowest BCUT2D eigenvalue weighted by Crippen LogP contribution is -2.14. The van der Waals surface area contributed by atoms with Crippen LogP contribution in [-0.2, 0) is 6.54 Å². The second-order valence-corrected chi connectivity index (χ2v) is 7.04. The average molecular weight is 380 g/mol. The molecule has 3 aromatic rings. The van der Waals surface area contributed by atoms with Crippen LogP contribution >= 0.6 is 11.6 Å². The molecule has 0 saturated carbocycles. The highest BCUT2D eigenvalue weighted by Gasteiger charge is 2.11. The number of aromatic nitrogens is 1. The van der Waals surface area contributed by atoms with Crippen LogP contribution in [0, 0.1) is 20.8 Å². The minimum absolute atomic E-state index is 0.182. The SMILES string of the molecule is Cc1cc(C)c(NC(=O)c2cncc(NCc3ccccc3Cl)c2)c(C)c1. The fraction of sp³-hybridized carbons (Fsp3) is 0.182. The summed E-state index contributed by atoms with van der Waals surface area (Å²) in [6.45, 7) is 6.59. The zero-order chi connectivity index (χ0) is 19.4. The Kier molecular flexibility index (Phi) is 5.77. The molecular formula is C22H22ClN3O. The number of halogens is 1. The summed E-state index contributed by atoms with van der Waals surface area (Å²) < 4.78 is 0. The number of benzene rings is 2. The Morgan fingerprint density at radius 3 is 2.44 bits per heavy atom. The van der Waals surface area contributed by atoms with Gasteiger partial charge in [-0.15, -0.1) is 0 Å². The molecule has 0 aliphatic rings. The number of aryl methyl sites for hydroxylation is 3. The van der Waals surface area contributed by atoms with Gasteiger partial charge in [-0.3, -0.25) is 9.78 Å². The van der Waals surface area contributed by atoms with Crippen LogP contribution in [0.4, 0.5) is 11.4 Å². The van der Waals surface area contributed by atoms with E-state index in [1.165, 1.54) is 5.56 Å². The number of anilines is 2. The van der Waals surface area contributed by atoms with Gasteiger partial charge in [0, 0.05) is 29.6 Å². The fourth-order valence-corrected chi connectivity index (χ4v) is 3.27. The maximum atomic E-state index is 12.7. The topological polar surface area (TPSA) is 54.0 Å². The first kappa shape index (κ1) is 18.9. The Hall–Kier alpha value is -2.85. The molecule has 4 nitrogen and oxygen atoms in total. The molecule has 0 radical (unpaired) electrons. The van der Waals surface area contributed by atoms with Gasteiger partial charge in [-0.25, -0.2) is 0 Å². The van der Waals surface area contributed by atoms with Crippen LogP contribution in [0.2, 0.25) is 5.02 Å². The van der Waals surface area contributed by atoms with Crippen molar-refractivity contribution < 1.29 is 4.79 Å². The summed E-state index contributed by atoms with van der Waals surface area (Å²) in [6, 6.07) is 13.6. The zero-order valence-corrected chi connectivity index (χ0v) is 16.4. The third-order valence-corrected chi connectivity index (χ3v) is 4.73. The fourth-order valence-electron chi connectivity index (χ4n) is 3.06. The van der Waals surface area contributed by atoms with Crippen LogP contribution in [0.3, 0.4) is 0 Å². The molecule has 0 aliphatic heterocycles. The van der Waals surface area contributed by atoms with Gasteiger partial charge in [0.1, 0.15) is 0 Å². The third kappa shape index (κ3) is 4.66.